The third-order valence-electron chi connectivity index (χ3n) is 6.92. The van der Waals surface area contributed by atoms with Crippen molar-refractivity contribution in [3.05, 3.63) is 131 Å². The SMILES string of the molecule is Cc1ccc(S(=O)(=O)N2CCc3ccc(NC(=O)CC(c4ccccc4)c4ccccc4)cc3C2)cc1. The second kappa shape index (κ2) is 10.7. The molecule has 0 bridgehead atoms. The molecule has 4 aromatic carbocycles. The zero-order chi connectivity index (χ0) is 25.8. The van der Waals surface area contributed by atoms with Gasteiger partial charge in [-0.25, -0.2) is 8.42 Å². The molecule has 1 aliphatic rings. The molecular formula is C31H30N2O3S. The van der Waals surface area contributed by atoms with Crippen LogP contribution >= 0.6 is 0 Å². The van der Waals surface area contributed by atoms with E-state index < -0.39 is 10.0 Å². The van der Waals surface area contributed by atoms with E-state index in [4.69, 9.17) is 0 Å². The lowest BCUT2D eigenvalue weighted by Crippen LogP contribution is -2.36. The number of hydrogen-bond acceptors (Lipinski definition) is 3. The predicted molar refractivity (Wildman–Crippen MR) is 147 cm³/mol. The molecule has 0 fully saturated rings. The van der Waals surface area contributed by atoms with Crippen LogP contribution in [-0.2, 0) is 27.8 Å². The van der Waals surface area contributed by atoms with Crippen molar-refractivity contribution < 1.29 is 13.2 Å². The zero-order valence-corrected chi connectivity index (χ0v) is 21.6. The van der Waals surface area contributed by atoms with Crippen molar-refractivity contribution >= 4 is 21.6 Å². The summed E-state index contributed by atoms with van der Waals surface area (Å²) in [5, 5.41) is 3.05. The Morgan fingerprint density at radius 1 is 0.838 bits per heavy atom. The van der Waals surface area contributed by atoms with E-state index in [1.54, 1.807) is 12.1 Å². The molecule has 0 aliphatic carbocycles. The lowest BCUT2D eigenvalue weighted by atomic mass is 9.88. The van der Waals surface area contributed by atoms with Crippen LogP contribution in [0.2, 0.25) is 0 Å². The molecule has 0 spiro atoms. The minimum Gasteiger partial charge on any atom is -0.326 e. The van der Waals surface area contributed by atoms with Gasteiger partial charge >= 0.3 is 0 Å². The lowest BCUT2D eigenvalue weighted by Gasteiger charge is -2.28. The van der Waals surface area contributed by atoms with Gasteiger partial charge in [0, 0.05) is 31.1 Å². The highest BCUT2D eigenvalue weighted by Crippen LogP contribution is 2.30. The summed E-state index contributed by atoms with van der Waals surface area (Å²) in [5.41, 5.74) is 5.91. The van der Waals surface area contributed by atoms with Crippen LogP contribution in [0.4, 0.5) is 5.69 Å². The predicted octanol–water partition coefficient (Wildman–Crippen LogP) is 5.90. The number of nitrogens with one attached hydrogen (secondary N) is 1. The molecule has 0 unspecified atom stereocenters. The van der Waals surface area contributed by atoms with Gasteiger partial charge in [0.15, 0.2) is 0 Å². The van der Waals surface area contributed by atoms with Crippen LogP contribution in [0, 0.1) is 6.92 Å². The molecular weight excluding hydrogens is 480 g/mol. The Morgan fingerprint density at radius 3 is 2.08 bits per heavy atom. The summed E-state index contributed by atoms with van der Waals surface area (Å²) < 4.78 is 28.0. The average molecular weight is 511 g/mol. The number of anilines is 1. The van der Waals surface area contributed by atoms with E-state index in [-0.39, 0.29) is 18.4 Å². The van der Waals surface area contributed by atoms with Crippen LogP contribution < -0.4 is 5.32 Å². The van der Waals surface area contributed by atoms with Crippen molar-refractivity contribution in [1.29, 1.82) is 0 Å². The maximum Gasteiger partial charge on any atom is 0.243 e. The summed E-state index contributed by atoms with van der Waals surface area (Å²) in [6.45, 7) is 2.65. The third-order valence-corrected chi connectivity index (χ3v) is 8.78. The third kappa shape index (κ3) is 5.66. The van der Waals surface area contributed by atoms with Crippen molar-refractivity contribution in [2.45, 2.75) is 37.1 Å². The van der Waals surface area contributed by atoms with E-state index in [0.29, 0.717) is 30.0 Å². The van der Waals surface area contributed by atoms with Gasteiger partial charge in [0.2, 0.25) is 15.9 Å². The molecule has 4 aromatic rings. The summed E-state index contributed by atoms with van der Waals surface area (Å²) >= 11 is 0. The van der Waals surface area contributed by atoms with Gasteiger partial charge in [-0.15, -0.1) is 0 Å². The minimum atomic E-state index is -3.59. The van der Waals surface area contributed by atoms with Gasteiger partial charge in [-0.3, -0.25) is 4.79 Å². The maximum atomic E-state index is 13.2. The minimum absolute atomic E-state index is 0.0600. The Bertz CT molecular complexity index is 1450. The van der Waals surface area contributed by atoms with Gasteiger partial charge in [0.05, 0.1) is 4.90 Å². The number of nitrogens with zero attached hydrogens (tertiary/aromatic N) is 1. The Morgan fingerprint density at radius 2 is 1.46 bits per heavy atom. The molecule has 1 amide bonds. The summed E-state index contributed by atoms with van der Waals surface area (Å²) in [4.78, 5) is 13.5. The number of benzene rings is 4. The van der Waals surface area contributed by atoms with Gasteiger partial charge < -0.3 is 5.32 Å². The van der Waals surface area contributed by atoms with Crippen LogP contribution in [0.3, 0.4) is 0 Å². The van der Waals surface area contributed by atoms with Gasteiger partial charge in [0.1, 0.15) is 0 Å². The Labute approximate surface area is 218 Å². The summed E-state index contributed by atoms with van der Waals surface area (Å²) in [6.07, 6.45) is 0.942. The summed E-state index contributed by atoms with van der Waals surface area (Å²) in [7, 11) is -3.59. The van der Waals surface area contributed by atoms with Gasteiger partial charge in [0.25, 0.3) is 0 Å². The molecule has 0 saturated heterocycles. The number of rotatable bonds is 7. The second-order valence-corrected chi connectivity index (χ2v) is 11.4. The largest absolute Gasteiger partial charge is 0.326 e. The molecule has 1 aliphatic heterocycles. The summed E-state index contributed by atoms with van der Waals surface area (Å²) in [6, 6.07) is 32.9. The van der Waals surface area contributed by atoms with Gasteiger partial charge in [-0.05, 0) is 59.9 Å². The number of amides is 1. The van der Waals surface area contributed by atoms with Crippen molar-refractivity contribution in [3.63, 3.8) is 0 Å². The number of fused-ring (bicyclic) bond motifs is 1. The fourth-order valence-electron chi connectivity index (χ4n) is 4.87. The molecule has 0 aromatic heterocycles. The van der Waals surface area contributed by atoms with E-state index in [1.165, 1.54) is 4.31 Å². The van der Waals surface area contributed by atoms with Gasteiger partial charge in [-0.1, -0.05) is 84.4 Å². The van der Waals surface area contributed by atoms with Crippen LogP contribution in [0.25, 0.3) is 0 Å². The van der Waals surface area contributed by atoms with E-state index in [1.807, 2.05) is 97.9 Å². The number of carbonyl (C=O) groups excluding carboxylic acids is 1. The quantitative estimate of drug-likeness (QED) is 0.337. The second-order valence-electron chi connectivity index (χ2n) is 9.51. The molecule has 1 heterocycles. The zero-order valence-electron chi connectivity index (χ0n) is 20.8. The molecule has 5 nitrogen and oxygen atoms in total. The van der Waals surface area contributed by atoms with Crippen LogP contribution in [0.1, 0.15) is 40.2 Å². The van der Waals surface area contributed by atoms with Gasteiger partial charge in [-0.2, -0.15) is 4.31 Å². The Balaban J connectivity index is 1.32. The molecule has 0 saturated carbocycles. The van der Waals surface area contributed by atoms with E-state index >= 15 is 0 Å². The highest BCUT2D eigenvalue weighted by molar-refractivity contribution is 7.89. The molecule has 5 rings (SSSR count). The van der Waals surface area contributed by atoms with Crippen LogP contribution in [-0.4, -0.2) is 25.2 Å². The molecule has 0 radical (unpaired) electrons. The smallest absolute Gasteiger partial charge is 0.243 e. The number of hydrogen-bond donors (Lipinski definition) is 1. The first-order valence-corrected chi connectivity index (χ1v) is 13.9. The fraction of sp³-hybridized carbons (Fsp3) is 0.194. The molecule has 1 N–H and O–H groups in total. The van der Waals surface area contributed by atoms with Crippen molar-refractivity contribution in [1.82, 2.24) is 4.31 Å². The Kier molecular flexibility index (Phi) is 7.22. The van der Waals surface area contributed by atoms with Crippen molar-refractivity contribution in [3.8, 4) is 0 Å². The fourth-order valence-corrected chi connectivity index (χ4v) is 6.29. The number of aryl methyl sites for hydroxylation is 1. The summed E-state index contributed by atoms with van der Waals surface area (Å²) in [5.74, 6) is -0.146. The molecule has 6 heteroatoms. The first-order chi connectivity index (χ1) is 17.9. The monoisotopic (exact) mass is 510 g/mol. The molecule has 188 valence electrons. The lowest BCUT2D eigenvalue weighted by molar-refractivity contribution is -0.116. The molecule has 0 atom stereocenters. The van der Waals surface area contributed by atoms with E-state index in [2.05, 4.69) is 5.32 Å². The normalized spacial score (nSPS) is 13.8. The van der Waals surface area contributed by atoms with E-state index in [9.17, 15) is 13.2 Å². The van der Waals surface area contributed by atoms with Crippen LogP contribution in [0.15, 0.2) is 108 Å². The highest BCUT2D eigenvalue weighted by Gasteiger charge is 2.28. The Hall–Kier alpha value is -3.74. The van der Waals surface area contributed by atoms with Crippen molar-refractivity contribution in [2.24, 2.45) is 0 Å². The van der Waals surface area contributed by atoms with Crippen LogP contribution in [0.5, 0.6) is 0 Å². The average Bonchev–Trinajstić information content (AvgIpc) is 2.92. The first-order valence-electron chi connectivity index (χ1n) is 12.5. The number of carbonyl (C=O) groups is 1. The maximum absolute atomic E-state index is 13.2. The standard InChI is InChI=1S/C31H30N2O3S/c1-23-12-16-29(17-13-23)37(35,36)33-19-18-24-14-15-28(20-27(24)22-33)32-31(34)21-30(25-8-4-2-5-9-25)26-10-6-3-7-11-26/h2-17,20,30H,18-19,21-22H2,1H3,(H,32,34). The topological polar surface area (TPSA) is 66.5 Å². The number of sulfonamides is 1. The molecule has 37 heavy (non-hydrogen) atoms. The highest BCUT2D eigenvalue weighted by atomic mass is 32.2. The first kappa shape index (κ1) is 24.9. The van der Waals surface area contributed by atoms with E-state index in [0.717, 1.165) is 27.8 Å². The van der Waals surface area contributed by atoms with Crippen molar-refractivity contribution in [2.75, 3.05) is 11.9 Å².